The summed E-state index contributed by atoms with van der Waals surface area (Å²) < 4.78 is 11.3. The van der Waals surface area contributed by atoms with Gasteiger partial charge in [0.1, 0.15) is 5.60 Å². The Morgan fingerprint density at radius 1 is 1.22 bits per heavy atom. The maximum absolute atomic E-state index is 12.0. The van der Waals surface area contributed by atoms with Gasteiger partial charge in [-0.3, -0.25) is 0 Å². The van der Waals surface area contributed by atoms with Gasteiger partial charge in [0.05, 0.1) is 18.8 Å². The van der Waals surface area contributed by atoms with Crippen LogP contribution in [0.5, 0.6) is 0 Å². The van der Waals surface area contributed by atoms with Gasteiger partial charge in [0.2, 0.25) is 0 Å². The Labute approximate surface area is 140 Å². The smallest absolute Gasteiger partial charge is 0.407 e. The van der Waals surface area contributed by atoms with Gasteiger partial charge < -0.3 is 19.9 Å². The normalized spacial score (nSPS) is 27.5. The second-order valence-corrected chi connectivity index (χ2v) is 8.51. The maximum Gasteiger partial charge on any atom is 0.407 e. The number of amides is 1. The predicted octanol–water partition coefficient (Wildman–Crippen LogP) is 3.25. The Balaban J connectivity index is 1.93. The lowest BCUT2D eigenvalue weighted by Gasteiger charge is -2.35. The summed E-state index contributed by atoms with van der Waals surface area (Å²) in [5.41, 5.74) is -0.806. The predicted molar refractivity (Wildman–Crippen MR) is 89.3 cm³/mol. The second-order valence-electron chi connectivity index (χ2n) is 8.51. The molecule has 0 aromatic carbocycles. The largest absolute Gasteiger partial charge is 0.444 e. The molecule has 1 heterocycles. The van der Waals surface area contributed by atoms with Crippen molar-refractivity contribution >= 4 is 6.09 Å². The van der Waals surface area contributed by atoms with E-state index in [1.54, 1.807) is 0 Å². The molecule has 5 nitrogen and oxygen atoms in total. The standard InChI is InChI=1S/C18H33NO4/c1-13-5-8-15(22-13)10-18(12-20,9-14-6-7-14)11-19-16(21)23-17(2,3)4/h13-15,20H,5-12H2,1-4H3,(H,19,21). The summed E-state index contributed by atoms with van der Waals surface area (Å²) in [5, 5.41) is 12.9. The van der Waals surface area contributed by atoms with Gasteiger partial charge in [-0.05, 0) is 59.3 Å². The lowest BCUT2D eigenvalue weighted by molar-refractivity contribution is -0.00449. The Bertz CT molecular complexity index is 402. The fourth-order valence-electron chi connectivity index (χ4n) is 3.44. The van der Waals surface area contributed by atoms with Crippen molar-refractivity contribution in [2.24, 2.45) is 11.3 Å². The summed E-state index contributed by atoms with van der Waals surface area (Å²) in [5.74, 6) is 0.682. The van der Waals surface area contributed by atoms with Crippen molar-refractivity contribution in [2.75, 3.05) is 13.2 Å². The van der Waals surface area contributed by atoms with Crippen LogP contribution in [0.25, 0.3) is 0 Å². The Morgan fingerprint density at radius 2 is 1.91 bits per heavy atom. The molecular formula is C18H33NO4. The minimum atomic E-state index is -0.507. The van der Waals surface area contributed by atoms with E-state index in [9.17, 15) is 9.90 Å². The Kier molecular flexibility index (Phi) is 5.95. The second kappa shape index (κ2) is 7.39. The van der Waals surface area contributed by atoms with Crippen molar-refractivity contribution in [3.8, 4) is 0 Å². The van der Waals surface area contributed by atoms with Gasteiger partial charge in [-0.15, -0.1) is 0 Å². The van der Waals surface area contributed by atoms with Crippen LogP contribution in [-0.2, 0) is 9.47 Å². The highest BCUT2D eigenvalue weighted by Gasteiger charge is 2.40. The highest BCUT2D eigenvalue weighted by atomic mass is 16.6. The molecule has 1 aliphatic carbocycles. The summed E-state index contributed by atoms with van der Waals surface area (Å²) in [4.78, 5) is 12.0. The zero-order chi connectivity index (χ0) is 17.1. The number of aliphatic hydroxyl groups excluding tert-OH is 1. The minimum Gasteiger partial charge on any atom is -0.444 e. The highest BCUT2D eigenvalue weighted by Crippen LogP contribution is 2.43. The first-order chi connectivity index (χ1) is 10.7. The molecule has 2 fully saturated rings. The molecule has 0 spiro atoms. The van der Waals surface area contributed by atoms with Crippen LogP contribution in [0.2, 0.25) is 0 Å². The van der Waals surface area contributed by atoms with E-state index in [4.69, 9.17) is 9.47 Å². The van der Waals surface area contributed by atoms with Crippen LogP contribution in [0.1, 0.15) is 66.2 Å². The lowest BCUT2D eigenvalue weighted by atomic mass is 9.77. The van der Waals surface area contributed by atoms with Crippen LogP contribution >= 0.6 is 0 Å². The van der Waals surface area contributed by atoms with Crippen molar-refractivity contribution in [3.05, 3.63) is 0 Å². The van der Waals surface area contributed by atoms with E-state index < -0.39 is 11.7 Å². The molecule has 3 atom stereocenters. The fraction of sp³-hybridized carbons (Fsp3) is 0.944. The van der Waals surface area contributed by atoms with E-state index in [1.165, 1.54) is 12.8 Å². The monoisotopic (exact) mass is 327 g/mol. The molecule has 5 heteroatoms. The van der Waals surface area contributed by atoms with E-state index in [1.807, 2.05) is 20.8 Å². The fourth-order valence-corrected chi connectivity index (χ4v) is 3.44. The van der Waals surface area contributed by atoms with Crippen molar-refractivity contribution in [1.82, 2.24) is 5.32 Å². The van der Waals surface area contributed by atoms with Gasteiger partial charge in [0.25, 0.3) is 0 Å². The highest BCUT2D eigenvalue weighted by molar-refractivity contribution is 5.67. The molecule has 0 aromatic heterocycles. The number of ether oxygens (including phenoxy) is 2. The third-order valence-electron chi connectivity index (χ3n) is 4.74. The lowest BCUT2D eigenvalue weighted by Crippen LogP contribution is -2.44. The van der Waals surface area contributed by atoms with E-state index in [2.05, 4.69) is 12.2 Å². The first kappa shape index (κ1) is 18.5. The topological polar surface area (TPSA) is 67.8 Å². The van der Waals surface area contributed by atoms with E-state index in [0.717, 1.165) is 25.7 Å². The molecular weight excluding hydrogens is 294 g/mol. The first-order valence-corrected chi connectivity index (χ1v) is 8.94. The van der Waals surface area contributed by atoms with E-state index >= 15 is 0 Å². The van der Waals surface area contributed by atoms with Gasteiger partial charge in [-0.2, -0.15) is 0 Å². The van der Waals surface area contributed by atoms with Crippen molar-refractivity contribution < 1.29 is 19.4 Å². The summed E-state index contributed by atoms with van der Waals surface area (Å²) in [6.07, 6.45) is 6.42. The molecule has 1 saturated heterocycles. The number of aliphatic hydroxyl groups is 1. The number of carbonyl (C=O) groups excluding carboxylic acids is 1. The third-order valence-corrected chi connectivity index (χ3v) is 4.74. The van der Waals surface area contributed by atoms with E-state index in [-0.39, 0.29) is 18.1 Å². The van der Waals surface area contributed by atoms with Gasteiger partial charge in [-0.1, -0.05) is 12.8 Å². The molecule has 1 saturated carbocycles. The molecule has 2 rings (SSSR count). The molecule has 134 valence electrons. The molecule has 1 aliphatic heterocycles. The summed E-state index contributed by atoms with van der Waals surface area (Å²) in [6, 6.07) is 0. The van der Waals surface area contributed by atoms with Crippen molar-refractivity contribution in [3.63, 3.8) is 0 Å². The van der Waals surface area contributed by atoms with Crippen LogP contribution < -0.4 is 5.32 Å². The molecule has 0 bridgehead atoms. The van der Waals surface area contributed by atoms with Crippen LogP contribution in [0, 0.1) is 11.3 Å². The number of hydrogen-bond acceptors (Lipinski definition) is 4. The molecule has 23 heavy (non-hydrogen) atoms. The summed E-state index contributed by atoms with van der Waals surface area (Å²) >= 11 is 0. The van der Waals surface area contributed by atoms with Crippen LogP contribution in [0.3, 0.4) is 0 Å². The van der Waals surface area contributed by atoms with Crippen LogP contribution in [-0.4, -0.2) is 42.2 Å². The molecule has 1 amide bonds. The van der Waals surface area contributed by atoms with Gasteiger partial charge >= 0.3 is 6.09 Å². The maximum atomic E-state index is 12.0. The zero-order valence-corrected chi connectivity index (χ0v) is 15.1. The molecule has 0 radical (unpaired) electrons. The van der Waals surface area contributed by atoms with Crippen molar-refractivity contribution in [1.29, 1.82) is 0 Å². The van der Waals surface area contributed by atoms with Gasteiger partial charge in [-0.25, -0.2) is 4.79 Å². The number of nitrogens with one attached hydrogen (secondary N) is 1. The van der Waals surface area contributed by atoms with Gasteiger partial charge in [0.15, 0.2) is 0 Å². The summed E-state index contributed by atoms with van der Waals surface area (Å²) in [6.45, 7) is 8.18. The van der Waals surface area contributed by atoms with E-state index in [0.29, 0.717) is 18.6 Å². The number of alkyl carbamates (subject to hydrolysis) is 1. The van der Waals surface area contributed by atoms with Crippen LogP contribution in [0.15, 0.2) is 0 Å². The molecule has 3 unspecified atom stereocenters. The number of carbonyl (C=O) groups is 1. The number of rotatable bonds is 7. The SMILES string of the molecule is CC1CCC(CC(CO)(CNC(=O)OC(C)(C)C)CC2CC2)O1. The van der Waals surface area contributed by atoms with Gasteiger partial charge in [0, 0.05) is 12.0 Å². The molecule has 0 aromatic rings. The Hall–Kier alpha value is -0.810. The molecule has 2 N–H and O–H groups in total. The number of hydrogen-bond donors (Lipinski definition) is 2. The zero-order valence-electron chi connectivity index (χ0n) is 15.1. The van der Waals surface area contributed by atoms with Crippen LogP contribution in [0.4, 0.5) is 4.79 Å². The quantitative estimate of drug-likeness (QED) is 0.753. The van der Waals surface area contributed by atoms with Crippen molar-refractivity contribution in [2.45, 2.75) is 84.0 Å². The average Bonchev–Trinajstić information content (AvgIpc) is 3.15. The average molecular weight is 327 g/mol. The summed E-state index contributed by atoms with van der Waals surface area (Å²) in [7, 11) is 0. The Morgan fingerprint density at radius 3 is 2.39 bits per heavy atom. The minimum absolute atomic E-state index is 0.0769. The third kappa shape index (κ3) is 6.30. The molecule has 2 aliphatic rings. The first-order valence-electron chi connectivity index (χ1n) is 8.94.